The molecule has 0 radical (unpaired) electrons. The molecular weight excluding hydrogens is 315 g/mol. The smallest absolute Gasteiger partial charge is 0.550 e. The molecule has 3 heteroatoms. The summed E-state index contributed by atoms with van der Waals surface area (Å²) in [7, 11) is 0. The molecule has 2 nitrogen and oxygen atoms in total. The fourth-order valence-corrected chi connectivity index (χ4v) is 2.75. The number of carbonyl (C=O) groups is 1. The van der Waals surface area contributed by atoms with Gasteiger partial charge in [-0.05, 0) is 37.5 Å². The summed E-state index contributed by atoms with van der Waals surface area (Å²) >= 11 is 0. The van der Waals surface area contributed by atoms with Crippen LogP contribution in [0.25, 0.3) is 0 Å². The minimum atomic E-state index is -0.932. The molecule has 142 valence electrons. The molecule has 0 N–H and O–H groups in total. The zero-order chi connectivity index (χ0) is 18.4. The minimum absolute atomic E-state index is 0. The van der Waals surface area contributed by atoms with Crippen LogP contribution in [0.2, 0.25) is 0 Å². The van der Waals surface area contributed by atoms with E-state index in [1.807, 2.05) is 0 Å². The molecule has 0 aliphatic rings. The van der Waals surface area contributed by atoms with Gasteiger partial charge in [0, 0.05) is 18.8 Å². The first kappa shape index (κ1) is 27.4. The summed E-state index contributed by atoms with van der Waals surface area (Å²) in [5.74, 6) is 11.3. The minimum Gasteiger partial charge on any atom is -0.550 e. The number of rotatable bonds is 16. The Hall–Kier alpha value is -0.813. The van der Waals surface area contributed by atoms with Crippen molar-refractivity contribution in [2.24, 2.45) is 0 Å². The molecule has 0 heterocycles. The normalized spacial score (nSPS) is 9.42. The number of aliphatic carboxylic acids is 1. The van der Waals surface area contributed by atoms with Crippen LogP contribution in [-0.2, 0) is 4.79 Å². The maximum Gasteiger partial charge on any atom is 1.00 e. The van der Waals surface area contributed by atoms with Gasteiger partial charge in [-0.15, -0.1) is 0 Å². The summed E-state index contributed by atoms with van der Waals surface area (Å²) in [6.07, 6.45) is 19.1. The van der Waals surface area contributed by atoms with Gasteiger partial charge in [0.25, 0.3) is 0 Å². The van der Waals surface area contributed by atoms with Crippen molar-refractivity contribution in [3.63, 3.8) is 0 Å². The molecule has 0 bridgehead atoms. The van der Waals surface area contributed by atoms with Gasteiger partial charge in [-0.3, -0.25) is 0 Å². The van der Waals surface area contributed by atoms with Gasteiger partial charge in [0.1, 0.15) is 0 Å². The fourth-order valence-electron chi connectivity index (χ4n) is 2.75. The Kier molecular flexibility index (Phi) is 25.5. The largest absolute Gasteiger partial charge is 1.00 e. The van der Waals surface area contributed by atoms with E-state index in [-0.39, 0.29) is 25.3 Å². The summed E-state index contributed by atoms with van der Waals surface area (Å²) < 4.78 is 0. The second-order valence-corrected chi connectivity index (χ2v) is 6.82. The van der Waals surface area contributed by atoms with Gasteiger partial charge < -0.3 is 9.90 Å². The molecular formula is C23H37LiO2. The van der Waals surface area contributed by atoms with Gasteiger partial charge in [0.05, 0.1) is 0 Å². The van der Waals surface area contributed by atoms with Crippen LogP contribution < -0.4 is 24.0 Å². The van der Waals surface area contributed by atoms with E-state index in [4.69, 9.17) is 0 Å². The molecule has 0 atom stereocenters. The molecule has 0 aliphatic carbocycles. The molecule has 0 aromatic heterocycles. The third-order valence-electron chi connectivity index (χ3n) is 4.33. The predicted octanol–water partition coefficient (Wildman–Crippen LogP) is 2.40. The monoisotopic (exact) mass is 352 g/mol. The van der Waals surface area contributed by atoms with Gasteiger partial charge in [0.2, 0.25) is 0 Å². The quantitative estimate of drug-likeness (QED) is 0.243. The fraction of sp³-hybridized carbons (Fsp3) is 0.783. The molecule has 0 saturated carbocycles. The Labute approximate surface area is 174 Å². The van der Waals surface area contributed by atoms with Crippen LogP contribution in [0.1, 0.15) is 116 Å². The number of carboxylic acids is 1. The average Bonchev–Trinajstić information content (AvgIpc) is 2.60. The topological polar surface area (TPSA) is 40.1 Å². The van der Waals surface area contributed by atoms with E-state index in [1.165, 1.54) is 64.2 Å². The number of unbranched alkanes of at least 4 members (excludes halogenated alkanes) is 14. The number of carbonyl (C=O) groups excluding carboxylic acids is 1. The predicted molar refractivity (Wildman–Crippen MR) is 105 cm³/mol. The first-order valence-electron chi connectivity index (χ1n) is 10.4. The third kappa shape index (κ3) is 25.4. The van der Waals surface area contributed by atoms with Crippen molar-refractivity contribution in [3.05, 3.63) is 0 Å². The zero-order valence-corrected chi connectivity index (χ0v) is 17.3. The third-order valence-corrected chi connectivity index (χ3v) is 4.33. The van der Waals surface area contributed by atoms with Crippen molar-refractivity contribution in [2.45, 2.75) is 116 Å². The second-order valence-electron chi connectivity index (χ2n) is 6.82. The summed E-state index contributed by atoms with van der Waals surface area (Å²) in [5.41, 5.74) is 0. The molecule has 0 spiro atoms. The molecule has 0 saturated heterocycles. The number of hydrogen-bond donors (Lipinski definition) is 0. The number of carboxylic acid groups (broad SMARTS) is 1. The molecule has 0 aromatic carbocycles. The van der Waals surface area contributed by atoms with Gasteiger partial charge in [-0.2, -0.15) is 0 Å². The molecule has 0 aromatic rings. The van der Waals surface area contributed by atoms with Crippen molar-refractivity contribution in [3.8, 4) is 23.7 Å². The zero-order valence-electron chi connectivity index (χ0n) is 17.3. The van der Waals surface area contributed by atoms with Crippen LogP contribution in [0.5, 0.6) is 0 Å². The van der Waals surface area contributed by atoms with E-state index in [2.05, 4.69) is 30.6 Å². The van der Waals surface area contributed by atoms with Crippen molar-refractivity contribution in [1.29, 1.82) is 0 Å². The molecule has 0 amide bonds. The molecule has 0 fully saturated rings. The van der Waals surface area contributed by atoms with Crippen LogP contribution in [0.3, 0.4) is 0 Å². The van der Waals surface area contributed by atoms with Gasteiger partial charge in [-0.25, -0.2) is 0 Å². The average molecular weight is 352 g/mol. The van der Waals surface area contributed by atoms with Gasteiger partial charge in [-0.1, -0.05) is 89.4 Å². The number of hydrogen-bond acceptors (Lipinski definition) is 2. The van der Waals surface area contributed by atoms with Crippen LogP contribution in [0, 0.1) is 23.7 Å². The van der Waals surface area contributed by atoms with E-state index in [1.54, 1.807) is 0 Å². The van der Waals surface area contributed by atoms with E-state index in [0.29, 0.717) is 0 Å². The summed E-state index contributed by atoms with van der Waals surface area (Å²) in [6, 6.07) is 0. The summed E-state index contributed by atoms with van der Waals surface area (Å²) in [6.45, 7) is 2.26. The Morgan fingerprint density at radius 1 is 0.654 bits per heavy atom. The molecule has 0 rings (SSSR count). The second kappa shape index (κ2) is 24.2. The van der Waals surface area contributed by atoms with E-state index in [0.717, 1.165) is 38.5 Å². The van der Waals surface area contributed by atoms with Crippen molar-refractivity contribution in [2.75, 3.05) is 0 Å². The summed E-state index contributed by atoms with van der Waals surface area (Å²) in [5, 5.41) is 10.3. The maximum atomic E-state index is 10.3. The van der Waals surface area contributed by atoms with Gasteiger partial charge >= 0.3 is 18.9 Å². The summed E-state index contributed by atoms with van der Waals surface area (Å²) in [4.78, 5) is 10.3. The van der Waals surface area contributed by atoms with E-state index < -0.39 is 5.97 Å². The van der Waals surface area contributed by atoms with Crippen molar-refractivity contribution < 1.29 is 28.8 Å². The maximum absolute atomic E-state index is 10.3. The first-order chi connectivity index (χ1) is 12.3. The Bertz CT molecular complexity index is 423. The van der Waals surface area contributed by atoms with Crippen LogP contribution in [0.4, 0.5) is 0 Å². The van der Waals surface area contributed by atoms with E-state index >= 15 is 0 Å². The molecule has 0 aliphatic heterocycles. The van der Waals surface area contributed by atoms with Crippen molar-refractivity contribution in [1.82, 2.24) is 0 Å². The van der Waals surface area contributed by atoms with Gasteiger partial charge in [0.15, 0.2) is 0 Å². The molecule has 26 heavy (non-hydrogen) atoms. The van der Waals surface area contributed by atoms with Crippen molar-refractivity contribution >= 4 is 5.97 Å². The van der Waals surface area contributed by atoms with Crippen LogP contribution in [0.15, 0.2) is 0 Å². The SMILES string of the molecule is CCCCCCCCCCC#CC#CCCCCCCCCC(=O)[O-].[Li+]. The first-order valence-corrected chi connectivity index (χ1v) is 10.4. The Balaban J connectivity index is 0. The van der Waals surface area contributed by atoms with Crippen LogP contribution in [-0.4, -0.2) is 5.97 Å². The molecule has 0 unspecified atom stereocenters. The van der Waals surface area contributed by atoms with E-state index in [9.17, 15) is 9.90 Å². The van der Waals surface area contributed by atoms with Crippen LogP contribution >= 0.6 is 0 Å². The Morgan fingerprint density at radius 2 is 1.04 bits per heavy atom. The standard InChI is InChI=1S/C23H38O2.Li/c1-2-3-4-5-6-7-8-9-10-11-12-13-14-15-16-17-18-19-20-21-22-23(24)25;/h2-10,15-22H2,1H3,(H,24,25);/q;+1/p-1. The Morgan fingerprint density at radius 3 is 1.46 bits per heavy atom.